The fourth-order valence-electron chi connectivity index (χ4n) is 3.35. The standard InChI is InChI=1S/C25H24F5N3S.C2H2/c1-16(2)34-18-10-6-8-17(14-18)9-7-13-22(31-3)33-15-21(25(28,29)30)32-24(33)20-12-5-4-11-19(20)23(26)27;1-2/h4-8,10-16,23H,9H2,1-3H3;1-2H/b13-7-,31-22?;. The highest BCUT2D eigenvalue weighted by Crippen LogP contribution is 2.35. The van der Waals surface area contributed by atoms with Crippen molar-refractivity contribution in [3.8, 4) is 24.2 Å². The highest BCUT2D eigenvalue weighted by atomic mass is 32.2. The summed E-state index contributed by atoms with van der Waals surface area (Å²) >= 11 is 1.73. The first-order valence-electron chi connectivity index (χ1n) is 10.9. The smallest absolute Gasteiger partial charge is 0.284 e. The van der Waals surface area contributed by atoms with Gasteiger partial charge in [-0.15, -0.1) is 24.6 Å². The molecule has 3 rings (SSSR count). The average Bonchev–Trinajstić information content (AvgIpc) is 3.29. The molecule has 3 nitrogen and oxygen atoms in total. The lowest BCUT2D eigenvalue weighted by Crippen LogP contribution is -2.11. The van der Waals surface area contributed by atoms with Crippen LogP contribution in [0, 0.1) is 12.8 Å². The second-order valence-electron chi connectivity index (χ2n) is 7.71. The van der Waals surface area contributed by atoms with Gasteiger partial charge in [-0.3, -0.25) is 9.56 Å². The number of halogens is 5. The second kappa shape index (κ2) is 13.1. The summed E-state index contributed by atoms with van der Waals surface area (Å²) in [6, 6.07) is 13.4. The van der Waals surface area contributed by atoms with Crippen LogP contribution < -0.4 is 0 Å². The highest BCUT2D eigenvalue weighted by Gasteiger charge is 2.36. The van der Waals surface area contributed by atoms with E-state index in [1.807, 2.05) is 18.2 Å². The zero-order chi connectivity index (χ0) is 26.9. The Morgan fingerprint density at radius 3 is 2.42 bits per heavy atom. The van der Waals surface area contributed by atoms with Crippen molar-refractivity contribution >= 4 is 17.6 Å². The minimum Gasteiger partial charge on any atom is -0.284 e. The number of thioether (sulfide) groups is 1. The molecule has 0 bridgehead atoms. The molecule has 0 aliphatic carbocycles. The van der Waals surface area contributed by atoms with Gasteiger partial charge in [-0.2, -0.15) is 13.2 Å². The number of imidazole rings is 1. The van der Waals surface area contributed by atoms with Crippen molar-refractivity contribution in [2.24, 2.45) is 4.99 Å². The van der Waals surface area contributed by atoms with Crippen molar-refractivity contribution in [2.75, 3.05) is 7.05 Å². The van der Waals surface area contributed by atoms with E-state index in [2.05, 4.69) is 42.7 Å². The molecule has 2 aromatic carbocycles. The first kappa shape index (κ1) is 28.9. The molecule has 0 N–H and O–H groups in total. The van der Waals surface area contributed by atoms with Gasteiger partial charge in [-0.1, -0.05) is 56.3 Å². The van der Waals surface area contributed by atoms with Gasteiger partial charge in [0.05, 0.1) is 0 Å². The fourth-order valence-corrected chi connectivity index (χ4v) is 4.27. The zero-order valence-electron chi connectivity index (χ0n) is 20.0. The Hall–Kier alpha value is -3.38. The average molecular weight is 520 g/mol. The largest absolute Gasteiger partial charge is 0.434 e. The van der Waals surface area contributed by atoms with Crippen molar-refractivity contribution in [3.05, 3.63) is 83.7 Å². The molecule has 1 aromatic heterocycles. The number of terminal acetylenes is 1. The van der Waals surface area contributed by atoms with E-state index in [1.54, 1.807) is 23.9 Å². The third-order valence-corrected chi connectivity index (χ3v) is 5.80. The quantitative estimate of drug-likeness (QED) is 0.104. The summed E-state index contributed by atoms with van der Waals surface area (Å²) in [5.41, 5.74) is -0.635. The van der Waals surface area contributed by atoms with E-state index in [4.69, 9.17) is 0 Å². The Morgan fingerprint density at radius 2 is 1.81 bits per heavy atom. The van der Waals surface area contributed by atoms with Crippen molar-refractivity contribution < 1.29 is 22.0 Å². The Labute approximate surface area is 212 Å². The minimum atomic E-state index is -4.74. The van der Waals surface area contributed by atoms with E-state index in [0.29, 0.717) is 11.7 Å². The molecule has 190 valence electrons. The molecule has 3 aromatic rings. The first-order valence-corrected chi connectivity index (χ1v) is 11.7. The molecular weight excluding hydrogens is 493 g/mol. The topological polar surface area (TPSA) is 30.2 Å². The number of aromatic nitrogens is 2. The highest BCUT2D eigenvalue weighted by molar-refractivity contribution is 7.99. The van der Waals surface area contributed by atoms with Crippen molar-refractivity contribution in [1.29, 1.82) is 0 Å². The van der Waals surface area contributed by atoms with Gasteiger partial charge in [0.1, 0.15) is 11.7 Å². The lowest BCUT2D eigenvalue weighted by molar-refractivity contribution is -0.140. The number of hydrogen-bond donors (Lipinski definition) is 0. The van der Waals surface area contributed by atoms with Gasteiger partial charge in [-0.25, -0.2) is 13.8 Å². The van der Waals surface area contributed by atoms with Crippen LogP contribution in [0.25, 0.3) is 11.4 Å². The molecule has 36 heavy (non-hydrogen) atoms. The normalized spacial score (nSPS) is 12.3. The summed E-state index contributed by atoms with van der Waals surface area (Å²) in [5, 5.41) is 0.434. The molecule has 1 heterocycles. The molecule has 0 atom stereocenters. The molecular formula is C27H26F5N3S. The second-order valence-corrected chi connectivity index (χ2v) is 9.36. The van der Waals surface area contributed by atoms with Crippen LogP contribution in [0.15, 0.2) is 76.8 Å². The first-order chi connectivity index (χ1) is 17.1. The number of aliphatic imine (C=N–C) groups is 1. The third kappa shape index (κ3) is 7.56. The molecule has 0 fully saturated rings. The number of nitrogens with zero attached hydrogens (tertiary/aromatic N) is 3. The zero-order valence-corrected chi connectivity index (χ0v) is 20.8. The van der Waals surface area contributed by atoms with E-state index in [-0.39, 0.29) is 17.2 Å². The predicted octanol–water partition coefficient (Wildman–Crippen LogP) is 7.93. The summed E-state index contributed by atoms with van der Waals surface area (Å²) in [7, 11) is 1.43. The van der Waals surface area contributed by atoms with E-state index in [1.165, 1.54) is 31.3 Å². The van der Waals surface area contributed by atoms with Gasteiger partial charge in [0.25, 0.3) is 6.43 Å². The van der Waals surface area contributed by atoms with Crippen LogP contribution >= 0.6 is 11.8 Å². The summed E-state index contributed by atoms with van der Waals surface area (Å²) < 4.78 is 68.6. The molecule has 0 saturated carbocycles. The number of allylic oxidation sites excluding steroid dienone is 2. The number of hydrogen-bond acceptors (Lipinski definition) is 3. The van der Waals surface area contributed by atoms with Gasteiger partial charge < -0.3 is 0 Å². The molecule has 0 aliphatic rings. The van der Waals surface area contributed by atoms with Gasteiger partial charge in [0, 0.05) is 34.5 Å². The van der Waals surface area contributed by atoms with Gasteiger partial charge >= 0.3 is 6.18 Å². The Bertz CT molecular complexity index is 1220. The lowest BCUT2D eigenvalue weighted by atomic mass is 10.1. The van der Waals surface area contributed by atoms with Crippen molar-refractivity contribution in [2.45, 2.75) is 43.0 Å². The van der Waals surface area contributed by atoms with Crippen molar-refractivity contribution in [1.82, 2.24) is 9.55 Å². The molecule has 0 spiro atoms. The van der Waals surface area contributed by atoms with Crippen molar-refractivity contribution in [3.63, 3.8) is 0 Å². The SMILES string of the molecule is C#C.CN=C(/C=C\Cc1cccc(SC(C)C)c1)n1cc(C(F)(F)F)nc1-c1ccccc1C(F)F. The maximum atomic E-state index is 13.6. The molecule has 0 aliphatic heterocycles. The third-order valence-electron chi connectivity index (χ3n) is 4.80. The van der Waals surface area contributed by atoms with Crippen LogP contribution in [0.3, 0.4) is 0 Å². The van der Waals surface area contributed by atoms with Crippen LogP contribution in [0.2, 0.25) is 0 Å². The summed E-state index contributed by atoms with van der Waals surface area (Å²) in [6.45, 7) is 4.21. The molecule has 0 radical (unpaired) electrons. The summed E-state index contributed by atoms with van der Waals surface area (Å²) in [6.07, 6.45) is 5.04. The van der Waals surface area contributed by atoms with Gasteiger partial charge in [-0.05, 0) is 30.2 Å². The van der Waals surface area contributed by atoms with Crippen LogP contribution in [0.4, 0.5) is 22.0 Å². The van der Waals surface area contributed by atoms with Gasteiger partial charge in [0.2, 0.25) is 0 Å². The number of rotatable bonds is 7. The van der Waals surface area contributed by atoms with Crippen LogP contribution in [-0.2, 0) is 12.6 Å². The lowest BCUT2D eigenvalue weighted by Gasteiger charge is -2.11. The maximum Gasteiger partial charge on any atom is 0.434 e. The van der Waals surface area contributed by atoms with E-state index < -0.39 is 23.9 Å². The van der Waals surface area contributed by atoms with E-state index >= 15 is 0 Å². The Morgan fingerprint density at radius 1 is 1.11 bits per heavy atom. The van der Waals surface area contributed by atoms with E-state index in [9.17, 15) is 22.0 Å². The van der Waals surface area contributed by atoms with Crippen LogP contribution in [0.5, 0.6) is 0 Å². The molecule has 0 saturated heterocycles. The molecule has 0 amide bonds. The Kier molecular flexibility index (Phi) is 10.5. The number of alkyl halides is 5. The summed E-state index contributed by atoms with van der Waals surface area (Å²) in [5.74, 6) is -0.0985. The Balaban J connectivity index is 0.00000222. The molecule has 9 heteroatoms. The number of benzene rings is 2. The molecule has 0 unspecified atom stereocenters. The van der Waals surface area contributed by atoms with Crippen LogP contribution in [0.1, 0.15) is 37.1 Å². The monoisotopic (exact) mass is 519 g/mol. The van der Waals surface area contributed by atoms with Crippen LogP contribution in [-0.4, -0.2) is 27.7 Å². The minimum absolute atomic E-state index is 0.0824. The fraction of sp³-hybridized carbons (Fsp3) is 0.259. The predicted molar refractivity (Wildman–Crippen MR) is 137 cm³/mol. The van der Waals surface area contributed by atoms with E-state index in [0.717, 1.165) is 21.2 Å². The van der Waals surface area contributed by atoms with Gasteiger partial charge in [0.15, 0.2) is 5.69 Å². The maximum absolute atomic E-state index is 13.6. The summed E-state index contributed by atoms with van der Waals surface area (Å²) in [4.78, 5) is 8.88.